The Bertz CT molecular complexity index is 2420. The number of nitrogens with one attached hydrogen (secondary N) is 4. The zero-order chi connectivity index (χ0) is 46.3. The molecular formula is C33H48N9O17P3S. The summed E-state index contributed by atoms with van der Waals surface area (Å²) in [7, 11) is -16.4. The largest absolute Gasteiger partial charge is 0.481 e. The van der Waals surface area contributed by atoms with Gasteiger partial charge in [-0.05, 0) is 30.2 Å². The number of thioether (sulfide) groups is 1. The molecule has 0 saturated carbocycles. The molecule has 3 aromatic heterocycles. The van der Waals surface area contributed by atoms with Crippen molar-refractivity contribution in [2.24, 2.45) is 5.41 Å². The summed E-state index contributed by atoms with van der Waals surface area (Å²) in [6, 6.07) is 5.93. The van der Waals surface area contributed by atoms with E-state index in [1.165, 1.54) is 32.5 Å². The molecule has 26 nitrogen and oxygen atoms in total. The predicted molar refractivity (Wildman–Crippen MR) is 221 cm³/mol. The van der Waals surface area contributed by atoms with E-state index in [0.717, 1.165) is 38.6 Å². The number of H-pyrrole nitrogens is 1. The fourth-order valence-electron chi connectivity index (χ4n) is 6.13. The topological polar surface area (TPSA) is 391 Å². The molecule has 7 atom stereocenters. The van der Waals surface area contributed by atoms with Gasteiger partial charge in [-0.25, -0.2) is 28.6 Å². The van der Waals surface area contributed by atoms with E-state index in [1.54, 1.807) is 0 Å². The van der Waals surface area contributed by atoms with Crippen LogP contribution >= 0.6 is 35.2 Å². The smallest absolute Gasteiger partial charge is 0.386 e. The molecule has 2 unspecified atom stereocenters. The van der Waals surface area contributed by atoms with Crippen LogP contribution in [0.3, 0.4) is 0 Å². The quantitative estimate of drug-likeness (QED) is 0.0271. The van der Waals surface area contributed by atoms with Crippen molar-refractivity contribution in [3.05, 3.63) is 42.6 Å². The summed E-state index contributed by atoms with van der Waals surface area (Å²) >= 11 is 1.53. The number of anilines is 1. The van der Waals surface area contributed by atoms with Crippen molar-refractivity contribution in [2.45, 2.75) is 69.2 Å². The van der Waals surface area contributed by atoms with E-state index in [-0.39, 0.29) is 41.8 Å². The molecule has 0 radical (unpaired) electrons. The van der Waals surface area contributed by atoms with E-state index >= 15 is 0 Å². The molecule has 1 fully saturated rings. The molecule has 1 aliphatic heterocycles. The number of rotatable bonds is 23. The van der Waals surface area contributed by atoms with Crippen molar-refractivity contribution < 1.29 is 80.5 Å². The second kappa shape index (κ2) is 21.0. The minimum atomic E-state index is -5.58. The average molecular weight is 968 g/mol. The lowest BCUT2D eigenvalue weighted by atomic mass is 9.87. The first-order chi connectivity index (χ1) is 29.4. The highest BCUT2D eigenvalue weighted by Gasteiger charge is 2.50. The lowest BCUT2D eigenvalue weighted by Crippen LogP contribution is -2.46. The molecule has 5 rings (SSSR count). The van der Waals surface area contributed by atoms with Gasteiger partial charge in [0.25, 0.3) is 0 Å². The van der Waals surface area contributed by atoms with E-state index in [0.29, 0.717) is 25.3 Å². The van der Waals surface area contributed by atoms with Gasteiger partial charge in [0.05, 0.1) is 19.5 Å². The number of ether oxygens (including phenoxy) is 1. The third-order valence-corrected chi connectivity index (χ3v) is 13.4. The Morgan fingerprint density at radius 3 is 2.48 bits per heavy atom. The first kappa shape index (κ1) is 50.1. The van der Waals surface area contributed by atoms with Gasteiger partial charge in [-0.2, -0.15) is 4.31 Å². The number of hydrogen-bond donors (Lipinski definition) is 11. The summed E-state index contributed by atoms with van der Waals surface area (Å²) in [5, 5.41) is 30.5. The molecule has 4 heterocycles. The van der Waals surface area contributed by atoms with Gasteiger partial charge in [-0.1, -0.05) is 13.8 Å². The Morgan fingerprint density at radius 1 is 1.03 bits per heavy atom. The van der Waals surface area contributed by atoms with Crippen molar-refractivity contribution >= 4 is 80.8 Å². The van der Waals surface area contributed by atoms with Crippen LogP contribution in [-0.2, 0) is 57.1 Å². The summed E-state index contributed by atoms with van der Waals surface area (Å²) in [6.07, 6.45) is -4.31. The van der Waals surface area contributed by atoms with Crippen LogP contribution in [0.25, 0.3) is 22.1 Å². The highest BCUT2D eigenvalue weighted by atomic mass is 32.2. The number of aliphatic hydroxyl groups excluding tert-OH is 2. The van der Waals surface area contributed by atoms with Gasteiger partial charge in [0.1, 0.15) is 36.3 Å². The Morgan fingerprint density at radius 2 is 1.76 bits per heavy atom. The zero-order valence-electron chi connectivity index (χ0n) is 33.8. The molecule has 63 heavy (non-hydrogen) atoms. The highest BCUT2D eigenvalue weighted by molar-refractivity contribution is 7.99. The number of fused-ring (bicyclic) bond motifs is 2. The van der Waals surface area contributed by atoms with E-state index in [9.17, 15) is 57.9 Å². The molecule has 348 valence electrons. The molecule has 1 aliphatic rings. The number of nitrogens with two attached hydrogens (primary N) is 1. The maximum Gasteiger partial charge on any atom is 0.481 e. The first-order valence-electron chi connectivity index (χ1n) is 18.8. The first-order valence-corrected chi connectivity index (χ1v) is 24.3. The van der Waals surface area contributed by atoms with E-state index in [2.05, 4.69) is 44.7 Å². The van der Waals surface area contributed by atoms with Crippen LogP contribution in [0.1, 0.15) is 39.0 Å². The lowest BCUT2D eigenvalue weighted by Gasteiger charge is -2.30. The number of phosphoric ester groups is 3. The minimum absolute atomic E-state index is 0.0310. The van der Waals surface area contributed by atoms with Crippen molar-refractivity contribution in [1.82, 2.24) is 40.5 Å². The number of nitrogen functional groups attached to an aromatic ring is 1. The fourth-order valence-corrected chi connectivity index (χ4v) is 9.76. The number of nitrogens with zero attached hydrogens (tertiary/aromatic N) is 4. The number of aliphatic hydroxyl groups is 2. The van der Waals surface area contributed by atoms with Crippen LogP contribution in [0.15, 0.2) is 41.9 Å². The molecule has 0 aliphatic carbocycles. The van der Waals surface area contributed by atoms with Crippen molar-refractivity contribution in [2.75, 3.05) is 44.3 Å². The number of imidazole rings is 1. The molecule has 4 aromatic rings. The van der Waals surface area contributed by atoms with Crippen LogP contribution < -0.4 is 21.7 Å². The molecule has 1 aromatic carbocycles. The second-order valence-corrected chi connectivity index (χ2v) is 20.1. The summed E-state index contributed by atoms with van der Waals surface area (Å²) in [5.74, 6) is -0.937. The number of phosphoric acid groups is 3. The number of benzene rings is 1. The van der Waals surface area contributed by atoms with Crippen molar-refractivity contribution in [1.29, 1.82) is 0 Å². The number of carbonyl (C=O) groups is 3. The number of amides is 3. The SMILES string of the molecule is CC(=O)NCCc1c[nH]c2ccc(SCCNC(=O)CCNC(=O)[C@H](O)C(C)(C)COP(=O)(O)OP(=O)(O)OC[C@H]3O[C@@H](n4cnc5c(N)ncnc54)[C@H](O)[C@@H]3OP(=O)(O)O)cc12. The lowest BCUT2D eigenvalue weighted by molar-refractivity contribution is -0.137. The van der Waals surface area contributed by atoms with Gasteiger partial charge >= 0.3 is 23.5 Å². The molecule has 0 bridgehead atoms. The van der Waals surface area contributed by atoms with Gasteiger partial charge < -0.3 is 61.2 Å². The monoisotopic (exact) mass is 967 g/mol. The van der Waals surface area contributed by atoms with Crippen LogP contribution in [0.5, 0.6) is 0 Å². The maximum absolute atomic E-state index is 12.7. The Labute approximate surface area is 362 Å². The highest BCUT2D eigenvalue weighted by Crippen LogP contribution is 2.61. The van der Waals surface area contributed by atoms with Crippen LogP contribution in [0.4, 0.5) is 5.82 Å². The third-order valence-electron chi connectivity index (χ3n) is 9.28. The molecular weight excluding hydrogens is 919 g/mol. The minimum Gasteiger partial charge on any atom is -0.386 e. The molecule has 12 N–H and O–H groups in total. The number of hydrogen-bond acceptors (Lipinski definition) is 18. The van der Waals surface area contributed by atoms with Crippen LogP contribution in [0, 0.1) is 5.41 Å². The fraction of sp³-hybridized carbons (Fsp3) is 0.515. The number of aromatic amines is 1. The van der Waals surface area contributed by atoms with E-state index < -0.39 is 78.6 Å². The molecule has 1 saturated heterocycles. The summed E-state index contributed by atoms with van der Waals surface area (Å²) in [6.45, 7) is 2.64. The van der Waals surface area contributed by atoms with Gasteiger partial charge in [0, 0.05) is 66.1 Å². The standard InChI is InChI=1S/C33H48N9O17P3S/c1-18(43)35-8-6-19-13-38-22-5-4-20(12-21(19)22)63-11-10-36-24(44)7-9-37-31(47)28(46)33(2,3)15-56-62(53,54)59-61(51,52)55-14-23-27(58-60(48,49)50)26(45)32(57-23)42-17-41-25-29(34)39-16-40-30(25)42/h4-5,12-13,16-17,23,26-28,32,38,45-46H,6-11,14-15H2,1-3H3,(H,35,43)(H,36,44)(H,37,47)(H,51,52)(H,53,54)(H2,34,39,40)(H2,48,49,50)/t23-,26-,27-,28+,32-/m1/s1. The van der Waals surface area contributed by atoms with Crippen molar-refractivity contribution in [3.8, 4) is 0 Å². The Kier molecular flexibility index (Phi) is 16.7. The van der Waals surface area contributed by atoms with Gasteiger partial charge in [-0.3, -0.25) is 32.5 Å². The normalized spacial score (nSPS) is 20.6. The number of carbonyl (C=O) groups excluding carboxylic acids is 3. The van der Waals surface area contributed by atoms with Gasteiger partial charge in [0.15, 0.2) is 17.7 Å². The Hall–Kier alpha value is -3.88. The predicted octanol–water partition coefficient (Wildman–Crippen LogP) is 0.357. The van der Waals surface area contributed by atoms with Crippen LogP contribution in [-0.4, -0.2) is 135 Å². The average Bonchev–Trinajstić information content (AvgIpc) is 3.89. The summed E-state index contributed by atoms with van der Waals surface area (Å²) < 4.78 is 62.4. The summed E-state index contributed by atoms with van der Waals surface area (Å²) in [4.78, 5) is 91.7. The summed E-state index contributed by atoms with van der Waals surface area (Å²) in [5.41, 5.74) is 6.30. The van der Waals surface area contributed by atoms with E-state index in [4.69, 9.17) is 19.5 Å². The van der Waals surface area contributed by atoms with E-state index in [1.807, 2.05) is 24.4 Å². The van der Waals surface area contributed by atoms with Crippen LogP contribution in [0.2, 0.25) is 0 Å². The zero-order valence-corrected chi connectivity index (χ0v) is 37.3. The number of aromatic nitrogens is 5. The van der Waals surface area contributed by atoms with Gasteiger partial charge in [0.2, 0.25) is 17.7 Å². The third kappa shape index (κ3) is 14.1. The molecule has 3 amide bonds. The molecule has 0 spiro atoms. The van der Waals surface area contributed by atoms with Gasteiger partial charge in [-0.15, -0.1) is 11.8 Å². The maximum atomic E-state index is 12.7. The second-order valence-electron chi connectivity index (χ2n) is 14.7. The van der Waals surface area contributed by atoms with Crippen molar-refractivity contribution in [3.63, 3.8) is 0 Å². The molecule has 30 heteroatoms. The Balaban J connectivity index is 1.04.